The Morgan fingerprint density at radius 1 is 1.27 bits per heavy atom. The summed E-state index contributed by atoms with van der Waals surface area (Å²) in [7, 11) is 0. The van der Waals surface area contributed by atoms with Crippen LogP contribution in [0.1, 0.15) is 52.9 Å². The summed E-state index contributed by atoms with van der Waals surface area (Å²) in [6, 6.07) is 0. The number of hydrogen-bond acceptors (Lipinski definition) is 6. The number of halogens is 2. The number of aliphatic hydroxyl groups excluding tert-OH is 2. The highest BCUT2D eigenvalue weighted by Gasteiger charge is 2.79. The smallest absolute Gasteiger partial charge is 0.193 e. The van der Waals surface area contributed by atoms with Gasteiger partial charge in [-0.3, -0.25) is 9.59 Å². The van der Waals surface area contributed by atoms with Crippen LogP contribution in [0.5, 0.6) is 0 Å². The van der Waals surface area contributed by atoms with E-state index in [-0.39, 0.29) is 24.8 Å². The second-order valence-corrected chi connectivity index (χ2v) is 10.9. The highest BCUT2D eigenvalue weighted by Crippen LogP contribution is 2.72. The SMILES string of the molecule is CCCC1O[C@@H]2CC3[C@@H]4C[C@H](F)C5=CC(=O)C=C[C@]5(C)[C@@]4(F)[C@@H](O)C[C@]3(C)[C@]2(C(=O)CO)O1. The van der Waals surface area contributed by atoms with Gasteiger partial charge in [-0.25, -0.2) is 8.78 Å². The number of carbonyl (C=O) groups is 2. The summed E-state index contributed by atoms with van der Waals surface area (Å²) in [6.45, 7) is 4.53. The third kappa shape index (κ3) is 2.61. The summed E-state index contributed by atoms with van der Waals surface area (Å²) < 4.78 is 45.0. The zero-order valence-electron chi connectivity index (χ0n) is 19.2. The van der Waals surface area contributed by atoms with Crippen molar-refractivity contribution >= 4 is 11.6 Å². The highest BCUT2D eigenvalue weighted by atomic mass is 19.1. The van der Waals surface area contributed by atoms with Gasteiger partial charge in [0.15, 0.2) is 29.1 Å². The molecule has 5 rings (SSSR count). The zero-order chi connectivity index (χ0) is 24.0. The first-order valence-corrected chi connectivity index (χ1v) is 11.9. The van der Waals surface area contributed by atoms with E-state index in [2.05, 4.69) is 0 Å². The third-order valence-corrected chi connectivity index (χ3v) is 9.50. The molecule has 8 heteroatoms. The molecule has 33 heavy (non-hydrogen) atoms. The van der Waals surface area contributed by atoms with E-state index >= 15 is 8.78 Å². The summed E-state index contributed by atoms with van der Waals surface area (Å²) in [5, 5.41) is 21.2. The standard InChI is InChI=1S/C25H32F2O6/c1-4-5-21-32-20-10-14-15-9-17(26)16-8-13(29)6-7-22(16,2)24(15,27)18(30)11-23(14,3)25(20,33-21)19(31)12-28/h6-8,14-15,17-18,20-21,28,30H,4-5,9-12H2,1-3H3/t14?,15-,17-,18-,20+,21?,22-,23-,24-,25+/m0/s1. The van der Waals surface area contributed by atoms with Crippen LogP contribution in [0.4, 0.5) is 8.78 Å². The average Bonchev–Trinajstić information content (AvgIpc) is 3.24. The van der Waals surface area contributed by atoms with E-state index in [4.69, 9.17) is 9.47 Å². The van der Waals surface area contributed by atoms with Gasteiger partial charge in [-0.05, 0) is 56.3 Å². The van der Waals surface area contributed by atoms with E-state index in [0.29, 0.717) is 6.42 Å². The van der Waals surface area contributed by atoms with Crippen LogP contribution >= 0.6 is 0 Å². The molecule has 3 saturated carbocycles. The molecule has 2 N–H and O–H groups in total. The first-order valence-electron chi connectivity index (χ1n) is 11.9. The average molecular weight is 467 g/mol. The predicted octanol–water partition coefficient (Wildman–Crippen LogP) is 2.76. The lowest BCUT2D eigenvalue weighted by Gasteiger charge is -2.63. The van der Waals surface area contributed by atoms with Gasteiger partial charge in [-0.15, -0.1) is 0 Å². The Hall–Kier alpha value is -1.48. The molecule has 0 aromatic rings. The minimum atomic E-state index is -2.23. The molecule has 0 amide bonds. The van der Waals surface area contributed by atoms with Crippen LogP contribution in [0.2, 0.25) is 0 Å². The van der Waals surface area contributed by atoms with Crippen molar-refractivity contribution in [2.45, 2.75) is 88.8 Å². The van der Waals surface area contributed by atoms with Crippen LogP contribution < -0.4 is 0 Å². The van der Waals surface area contributed by atoms with Gasteiger partial charge in [0.1, 0.15) is 12.8 Å². The van der Waals surface area contributed by atoms with E-state index in [9.17, 15) is 19.8 Å². The van der Waals surface area contributed by atoms with Crippen LogP contribution in [0, 0.1) is 22.7 Å². The summed E-state index contributed by atoms with van der Waals surface area (Å²) in [5.74, 6) is -2.38. The molecule has 182 valence electrons. The second kappa shape index (κ2) is 7.26. The molecule has 0 aromatic carbocycles. The molecule has 10 atom stereocenters. The lowest BCUT2D eigenvalue weighted by molar-refractivity contribution is -0.234. The first kappa shape index (κ1) is 23.3. The predicted molar refractivity (Wildman–Crippen MR) is 113 cm³/mol. The van der Waals surface area contributed by atoms with Crippen molar-refractivity contribution in [1.82, 2.24) is 0 Å². The van der Waals surface area contributed by atoms with E-state index in [1.807, 2.05) is 6.92 Å². The Labute approximate surface area is 192 Å². The number of ketones is 2. The van der Waals surface area contributed by atoms with Gasteiger partial charge in [-0.2, -0.15) is 0 Å². The molecular weight excluding hydrogens is 434 g/mol. The number of allylic oxidation sites excluding steroid dienone is 4. The number of alkyl halides is 2. The number of ether oxygens (including phenoxy) is 2. The van der Waals surface area contributed by atoms with Gasteiger partial charge in [-0.1, -0.05) is 26.3 Å². The number of aliphatic hydroxyl groups is 2. The van der Waals surface area contributed by atoms with Crippen molar-refractivity contribution in [2.24, 2.45) is 22.7 Å². The summed E-state index contributed by atoms with van der Waals surface area (Å²) in [6.07, 6.45) is 0.682. The molecule has 4 aliphatic carbocycles. The van der Waals surface area contributed by atoms with Gasteiger partial charge in [0, 0.05) is 16.7 Å². The van der Waals surface area contributed by atoms with Crippen LogP contribution in [0.15, 0.2) is 23.8 Å². The quantitative estimate of drug-likeness (QED) is 0.662. The fourth-order valence-corrected chi connectivity index (χ4v) is 8.00. The number of carbonyl (C=O) groups excluding carboxylic acids is 2. The number of Topliss-reactive ketones (excluding diaryl/α,β-unsaturated/α-hetero) is 1. The van der Waals surface area contributed by atoms with Gasteiger partial charge in [0.2, 0.25) is 0 Å². The zero-order valence-corrected chi connectivity index (χ0v) is 19.2. The van der Waals surface area contributed by atoms with Crippen molar-refractivity contribution in [2.75, 3.05) is 6.61 Å². The number of rotatable bonds is 4. The molecule has 2 unspecified atom stereocenters. The Kier molecular flexibility index (Phi) is 5.12. The van der Waals surface area contributed by atoms with E-state index < -0.39 is 76.8 Å². The minimum Gasteiger partial charge on any atom is -0.390 e. The first-order chi connectivity index (χ1) is 15.5. The van der Waals surface area contributed by atoms with Crippen molar-refractivity contribution in [3.8, 4) is 0 Å². The molecular formula is C25H32F2O6. The molecule has 1 heterocycles. The monoisotopic (exact) mass is 466 g/mol. The molecule has 0 bridgehead atoms. The van der Waals surface area contributed by atoms with Crippen LogP contribution in [-0.4, -0.2) is 64.3 Å². The second-order valence-electron chi connectivity index (χ2n) is 10.9. The van der Waals surface area contributed by atoms with Crippen molar-refractivity contribution in [1.29, 1.82) is 0 Å². The molecule has 6 nitrogen and oxygen atoms in total. The normalized spacial score (nSPS) is 52.6. The summed E-state index contributed by atoms with van der Waals surface area (Å²) in [4.78, 5) is 25.1. The van der Waals surface area contributed by atoms with Gasteiger partial charge < -0.3 is 19.7 Å². The van der Waals surface area contributed by atoms with Gasteiger partial charge in [0.25, 0.3) is 0 Å². The van der Waals surface area contributed by atoms with Gasteiger partial charge >= 0.3 is 0 Å². The molecule has 1 aliphatic heterocycles. The van der Waals surface area contributed by atoms with Crippen molar-refractivity contribution in [3.63, 3.8) is 0 Å². The Morgan fingerprint density at radius 2 is 2.00 bits per heavy atom. The van der Waals surface area contributed by atoms with Crippen LogP contribution in [0.3, 0.4) is 0 Å². The largest absolute Gasteiger partial charge is 0.390 e. The maximum absolute atomic E-state index is 17.2. The number of hydrogen-bond donors (Lipinski definition) is 2. The van der Waals surface area contributed by atoms with E-state index in [0.717, 1.165) is 12.5 Å². The molecule has 0 aromatic heterocycles. The maximum atomic E-state index is 17.2. The maximum Gasteiger partial charge on any atom is 0.193 e. The van der Waals surface area contributed by atoms with Crippen molar-refractivity contribution in [3.05, 3.63) is 23.8 Å². The third-order valence-electron chi connectivity index (χ3n) is 9.50. The van der Waals surface area contributed by atoms with Crippen LogP contribution in [0.25, 0.3) is 0 Å². The lowest BCUT2D eigenvalue weighted by Crippen LogP contribution is -2.70. The molecule has 5 aliphatic rings. The Balaban J connectivity index is 1.62. The van der Waals surface area contributed by atoms with E-state index in [1.165, 1.54) is 12.2 Å². The Morgan fingerprint density at radius 3 is 2.67 bits per heavy atom. The lowest BCUT2D eigenvalue weighted by atomic mass is 9.44. The fraction of sp³-hybridized carbons (Fsp3) is 0.760. The van der Waals surface area contributed by atoms with Crippen LogP contribution in [-0.2, 0) is 19.1 Å². The molecule has 0 spiro atoms. The minimum absolute atomic E-state index is 0.0613. The topological polar surface area (TPSA) is 93.1 Å². The molecule has 0 radical (unpaired) electrons. The molecule has 1 saturated heterocycles. The Bertz CT molecular complexity index is 949. The summed E-state index contributed by atoms with van der Waals surface area (Å²) in [5.41, 5.74) is -6.22. The fourth-order valence-electron chi connectivity index (χ4n) is 8.00. The van der Waals surface area contributed by atoms with Crippen molar-refractivity contribution < 1.29 is 38.1 Å². The van der Waals surface area contributed by atoms with E-state index in [1.54, 1.807) is 13.8 Å². The number of fused-ring (bicyclic) bond motifs is 7. The highest BCUT2D eigenvalue weighted by molar-refractivity contribution is 6.01. The molecule has 4 fully saturated rings. The van der Waals surface area contributed by atoms with Gasteiger partial charge in [0.05, 0.1) is 12.2 Å². The summed E-state index contributed by atoms with van der Waals surface area (Å²) >= 11 is 0.